The van der Waals surface area contributed by atoms with Crippen LogP contribution >= 0.6 is 0 Å². The van der Waals surface area contributed by atoms with Gasteiger partial charge in [-0.25, -0.2) is 0 Å². The van der Waals surface area contributed by atoms with Crippen molar-refractivity contribution >= 4 is 23.7 Å². The fourth-order valence-corrected chi connectivity index (χ4v) is 1.82. The van der Waals surface area contributed by atoms with Gasteiger partial charge in [0.1, 0.15) is 0 Å². The second-order valence-electron chi connectivity index (χ2n) is 5.19. The fraction of sp³-hybridized carbons (Fsp3) is 0.692. The molecule has 7 heteroatoms. The van der Waals surface area contributed by atoms with E-state index in [1.54, 1.807) is 13.8 Å². The Kier molecular flexibility index (Phi) is 5.24. The molecule has 1 aliphatic rings. The Morgan fingerprint density at radius 1 is 1.30 bits per heavy atom. The molecule has 0 spiro atoms. The Hall–Kier alpha value is -1.92. The molecule has 1 atom stereocenters. The Morgan fingerprint density at radius 3 is 2.30 bits per heavy atom. The molecule has 7 nitrogen and oxygen atoms in total. The third-order valence-corrected chi connectivity index (χ3v) is 3.69. The summed E-state index contributed by atoms with van der Waals surface area (Å²) in [5.74, 6) is -1.85. The summed E-state index contributed by atoms with van der Waals surface area (Å²) in [6, 6.07) is 0. The molecular formula is C13H20N2O5. The Labute approximate surface area is 117 Å². The molecule has 0 aromatic rings. The topological polar surface area (TPSA) is 104 Å². The van der Waals surface area contributed by atoms with Gasteiger partial charge in [-0.15, -0.1) is 0 Å². The van der Waals surface area contributed by atoms with Crippen LogP contribution in [0.25, 0.3) is 0 Å². The molecule has 0 radical (unpaired) electrons. The lowest BCUT2D eigenvalue weighted by atomic mass is 9.88. The van der Waals surface area contributed by atoms with E-state index >= 15 is 0 Å². The fourth-order valence-electron chi connectivity index (χ4n) is 1.82. The maximum absolute atomic E-state index is 11.6. The van der Waals surface area contributed by atoms with Gasteiger partial charge in [-0.3, -0.25) is 24.1 Å². The van der Waals surface area contributed by atoms with Crippen molar-refractivity contribution in [2.24, 2.45) is 5.41 Å². The van der Waals surface area contributed by atoms with E-state index in [0.717, 1.165) is 4.90 Å². The number of nitrogens with one attached hydrogen (secondary N) is 1. The van der Waals surface area contributed by atoms with Crippen molar-refractivity contribution in [2.45, 2.75) is 39.5 Å². The van der Waals surface area contributed by atoms with Gasteiger partial charge in [0.15, 0.2) is 0 Å². The molecule has 1 rings (SSSR count). The van der Waals surface area contributed by atoms with Crippen LogP contribution in [0.2, 0.25) is 0 Å². The summed E-state index contributed by atoms with van der Waals surface area (Å²) in [5, 5.41) is 11.6. The summed E-state index contributed by atoms with van der Waals surface area (Å²) in [6.07, 6.45) is 0.795. The highest BCUT2D eigenvalue weighted by atomic mass is 16.4. The highest BCUT2D eigenvalue weighted by Gasteiger charge is 2.32. The molecule has 2 N–H and O–H groups in total. The molecule has 0 saturated carbocycles. The summed E-state index contributed by atoms with van der Waals surface area (Å²) in [5.41, 5.74) is -1.01. The molecule has 1 heterocycles. The first-order valence-corrected chi connectivity index (χ1v) is 6.63. The second-order valence-corrected chi connectivity index (χ2v) is 5.19. The third-order valence-electron chi connectivity index (χ3n) is 3.69. The number of hydrogen-bond donors (Lipinski definition) is 2. The van der Waals surface area contributed by atoms with Gasteiger partial charge in [0.25, 0.3) is 0 Å². The molecule has 1 aliphatic heterocycles. The normalized spacial score (nSPS) is 18.0. The van der Waals surface area contributed by atoms with Gasteiger partial charge < -0.3 is 10.4 Å². The highest BCUT2D eigenvalue weighted by Crippen LogP contribution is 2.20. The zero-order valence-electron chi connectivity index (χ0n) is 11.8. The summed E-state index contributed by atoms with van der Waals surface area (Å²) < 4.78 is 0. The number of hydrogen-bond acceptors (Lipinski definition) is 4. The molecule has 112 valence electrons. The minimum atomic E-state index is -1.01. The van der Waals surface area contributed by atoms with E-state index in [0.29, 0.717) is 6.42 Å². The molecule has 1 saturated heterocycles. The third kappa shape index (κ3) is 3.79. The Balaban J connectivity index is 2.39. The number of likely N-dealkylation sites (tertiary alicyclic amines) is 1. The van der Waals surface area contributed by atoms with Gasteiger partial charge in [0, 0.05) is 32.4 Å². The van der Waals surface area contributed by atoms with Crippen LogP contribution in [0, 0.1) is 5.41 Å². The second kappa shape index (κ2) is 6.49. The van der Waals surface area contributed by atoms with Gasteiger partial charge in [-0.05, 0) is 13.3 Å². The number of rotatable bonds is 7. The molecule has 1 fully saturated rings. The lowest BCUT2D eigenvalue weighted by molar-refractivity contribution is -0.148. The largest absolute Gasteiger partial charge is 0.481 e. The number of aliphatic carboxylic acids is 1. The summed E-state index contributed by atoms with van der Waals surface area (Å²) >= 11 is 0. The average Bonchev–Trinajstić information content (AvgIpc) is 2.72. The molecule has 3 amide bonds. The zero-order chi connectivity index (χ0) is 15.3. The van der Waals surface area contributed by atoms with E-state index < -0.39 is 11.4 Å². The van der Waals surface area contributed by atoms with Crippen LogP contribution in [-0.2, 0) is 19.2 Å². The van der Waals surface area contributed by atoms with E-state index in [4.69, 9.17) is 5.11 Å². The highest BCUT2D eigenvalue weighted by molar-refractivity contribution is 6.02. The van der Waals surface area contributed by atoms with Crippen molar-refractivity contribution in [3.8, 4) is 0 Å². The minimum absolute atomic E-state index is 0.00308. The van der Waals surface area contributed by atoms with Crippen LogP contribution in [0.3, 0.4) is 0 Å². The number of nitrogens with zero attached hydrogens (tertiary/aromatic N) is 1. The summed E-state index contributed by atoms with van der Waals surface area (Å²) in [6.45, 7) is 3.38. The van der Waals surface area contributed by atoms with Crippen LogP contribution in [0.15, 0.2) is 0 Å². The standard InChI is InChI=1S/C13H20N2O5/c1-3-13(2,12(19)20)8-14-9(16)6-7-15-10(17)4-5-11(15)18/h3-8H2,1-2H3,(H,14,16)(H,19,20). The van der Waals surface area contributed by atoms with Crippen LogP contribution in [-0.4, -0.2) is 46.8 Å². The van der Waals surface area contributed by atoms with Crippen LogP contribution in [0.4, 0.5) is 0 Å². The predicted molar refractivity (Wildman–Crippen MR) is 69.6 cm³/mol. The predicted octanol–water partition coefficient (Wildman–Crippen LogP) is 0.143. The number of carboxylic acid groups (broad SMARTS) is 1. The van der Waals surface area contributed by atoms with Crippen molar-refractivity contribution in [3.63, 3.8) is 0 Å². The maximum Gasteiger partial charge on any atom is 0.311 e. The molecule has 0 aromatic carbocycles. The van der Waals surface area contributed by atoms with Crippen molar-refractivity contribution in [1.82, 2.24) is 10.2 Å². The lowest BCUT2D eigenvalue weighted by Crippen LogP contribution is -2.41. The van der Waals surface area contributed by atoms with E-state index in [1.807, 2.05) is 0 Å². The SMILES string of the molecule is CCC(C)(CNC(=O)CCN1C(=O)CCC1=O)C(=O)O. The smallest absolute Gasteiger partial charge is 0.311 e. The van der Waals surface area contributed by atoms with Crippen molar-refractivity contribution in [1.29, 1.82) is 0 Å². The summed E-state index contributed by atoms with van der Waals surface area (Å²) in [4.78, 5) is 46.5. The Morgan fingerprint density at radius 2 is 1.85 bits per heavy atom. The maximum atomic E-state index is 11.6. The number of carboxylic acids is 1. The monoisotopic (exact) mass is 284 g/mol. The zero-order valence-corrected chi connectivity index (χ0v) is 11.8. The van der Waals surface area contributed by atoms with Crippen LogP contribution in [0.5, 0.6) is 0 Å². The van der Waals surface area contributed by atoms with Gasteiger partial charge in [0.2, 0.25) is 17.7 Å². The average molecular weight is 284 g/mol. The molecule has 1 unspecified atom stereocenters. The molecular weight excluding hydrogens is 264 g/mol. The van der Waals surface area contributed by atoms with Gasteiger partial charge in [-0.1, -0.05) is 6.92 Å². The van der Waals surface area contributed by atoms with Crippen LogP contribution < -0.4 is 5.32 Å². The number of amides is 3. The van der Waals surface area contributed by atoms with E-state index in [1.165, 1.54) is 0 Å². The molecule has 0 aliphatic carbocycles. The van der Waals surface area contributed by atoms with Gasteiger partial charge in [0.05, 0.1) is 5.41 Å². The number of carbonyl (C=O) groups is 4. The minimum Gasteiger partial charge on any atom is -0.481 e. The first kappa shape index (κ1) is 16.1. The van der Waals surface area contributed by atoms with E-state index in [2.05, 4.69) is 5.32 Å². The Bertz CT molecular complexity index is 418. The first-order valence-electron chi connectivity index (χ1n) is 6.63. The quantitative estimate of drug-likeness (QED) is 0.647. The number of imide groups is 1. The van der Waals surface area contributed by atoms with Crippen molar-refractivity contribution in [2.75, 3.05) is 13.1 Å². The lowest BCUT2D eigenvalue weighted by Gasteiger charge is -2.23. The molecule has 0 bridgehead atoms. The molecule has 0 aromatic heterocycles. The molecule has 20 heavy (non-hydrogen) atoms. The van der Waals surface area contributed by atoms with Crippen molar-refractivity contribution < 1.29 is 24.3 Å². The first-order chi connectivity index (χ1) is 9.30. The number of carbonyl (C=O) groups excluding carboxylic acids is 3. The van der Waals surface area contributed by atoms with Gasteiger partial charge >= 0.3 is 5.97 Å². The van der Waals surface area contributed by atoms with Crippen molar-refractivity contribution in [3.05, 3.63) is 0 Å². The van der Waals surface area contributed by atoms with Crippen LogP contribution in [0.1, 0.15) is 39.5 Å². The van der Waals surface area contributed by atoms with E-state index in [9.17, 15) is 19.2 Å². The summed E-state index contributed by atoms with van der Waals surface area (Å²) in [7, 11) is 0. The van der Waals surface area contributed by atoms with E-state index in [-0.39, 0.29) is 50.1 Å². The van der Waals surface area contributed by atoms with Gasteiger partial charge in [-0.2, -0.15) is 0 Å².